The maximum absolute atomic E-state index is 12.3. The maximum atomic E-state index is 12.3. The van der Waals surface area contributed by atoms with E-state index in [1.165, 1.54) is 18.0 Å². The first-order valence-corrected chi connectivity index (χ1v) is 8.59. The zero-order valence-electron chi connectivity index (χ0n) is 14.0. The van der Waals surface area contributed by atoms with Gasteiger partial charge in [-0.3, -0.25) is 18.9 Å². The lowest BCUT2D eigenvalue weighted by molar-refractivity contribution is 0.602. The number of rotatable bonds is 7. The minimum Gasteiger partial charge on any atom is -0.759 e. The predicted molar refractivity (Wildman–Crippen MR) is 92.8 cm³/mol. The molecule has 7 heteroatoms. The number of aromatic nitrogens is 4. The third-order valence-corrected chi connectivity index (χ3v) is 4.19. The molecule has 2 rings (SSSR count). The monoisotopic (exact) mass is 335 g/mol. The molecule has 0 unspecified atom stereocenters. The Morgan fingerprint density at radius 1 is 1.04 bits per heavy atom. The lowest BCUT2D eigenvalue weighted by atomic mass is 10.1. The summed E-state index contributed by atoms with van der Waals surface area (Å²) in [6.07, 6.45) is 5.93. The van der Waals surface area contributed by atoms with Crippen molar-refractivity contribution >= 4 is 23.7 Å². The van der Waals surface area contributed by atoms with Crippen molar-refractivity contribution in [2.45, 2.75) is 63.9 Å². The van der Waals surface area contributed by atoms with E-state index in [1.807, 2.05) is 6.92 Å². The third kappa shape index (κ3) is 3.60. The molecule has 2 aromatic rings. The van der Waals surface area contributed by atoms with E-state index < -0.39 is 5.56 Å². The lowest BCUT2D eigenvalue weighted by Gasteiger charge is -2.16. The zero-order valence-corrected chi connectivity index (χ0v) is 14.8. The van der Waals surface area contributed by atoms with Gasteiger partial charge in [0, 0.05) is 20.0 Å². The first-order valence-electron chi connectivity index (χ1n) is 8.18. The molecule has 0 radical (unpaired) electrons. The molecule has 6 nitrogen and oxygen atoms in total. The van der Waals surface area contributed by atoms with Crippen molar-refractivity contribution in [1.82, 2.24) is 19.1 Å². The van der Waals surface area contributed by atoms with Gasteiger partial charge in [0.1, 0.15) is 5.82 Å². The van der Waals surface area contributed by atoms with E-state index in [2.05, 4.69) is 16.9 Å². The van der Waals surface area contributed by atoms with Gasteiger partial charge in [0.15, 0.2) is 5.65 Å². The molecule has 2 aromatic heterocycles. The van der Waals surface area contributed by atoms with E-state index in [0.29, 0.717) is 18.0 Å². The molecule has 126 valence electrons. The molecule has 0 aliphatic carbocycles. The van der Waals surface area contributed by atoms with Crippen LogP contribution in [0.1, 0.15) is 51.8 Å². The molecule has 2 heterocycles. The highest BCUT2D eigenvalue weighted by atomic mass is 32.1. The first kappa shape index (κ1) is 17.6. The van der Waals surface area contributed by atoms with Crippen LogP contribution in [-0.2, 0) is 32.6 Å². The van der Waals surface area contributed by atoms with Crippen LogP contribution in [0, 0.1) is 0 Å². The molecule has 0 aliphatic heterocycles. The van der Waals surface area contributed by atoms with Crippen molar-refractivity contribution in [3.8, 4) is 0 Å². The van der Waals surface area contributed by atoms with Crippen LogP contribution in [0.2, 0.25) is 0 Å². The molecule has 0 fully saturated rings. The Bertz CT molecular complexity index is 810. The number of hydrogen-bond acceptors (Lipinski definition) is 5. The summed E-state index contributed by atoms with van der Waals surface area (Å²) >= 11 is 5.30. The van der Waals surface area contributed by atoms with Crippen molar-refractivity contribution in [2.24, 2.45) is 7.05 Å². The minimum absolute atomic E-state index is 0.242. The average molecular weight is 335 g/mol. The van der Waals surface area contributed by atoms with Gasteiger partial charge >= 0.3 is 5.69 Å². The number of nitrogens with zero attached hydrogens (tertiary/aromatic N) is 4. The molecule has 0 aromatic carbocycles. The molecule has 0 bridgehead atoms. The van der Waals surface area contributed by atoms with E-state index in [4.69, 9.17) is 12.6 Å². The molecule has 0 spiro atoms. The Morgan fingerprint density at radius 2 is 1.78 bits per heavy atom. The molecule has 0 aliphatic rings. The van der Waals surface area contributed by atoms with Gasteiger partial charge in [0.05, 0.1) is 5.39 Å². The van der Waals surface area contributed by atoms with Gasteiger partial charge < -0.3 is 12.6 Å². The second kappa shape index (κ2) is 7.68. The van der Waals surface area contributed by atoms with Crippen LogP contribution in [0.4, 0.5) is 0 Å². The maximum Gasteiger partial charge on any atom is 0.332 e. The number of hydrogen-bond donors (Lipinski definition) is 0. The van der Waals surface area contributed by atoms with Crippen molar-refractivity contribution in [3.63, 3.8) is 0 Å². The van der Waals surface area contributed by atoms with Crippen LogP contribution in [0.25, 0.3) is 11.0 Å². The Kier molecular flexibility index (Phi) is 5.87. The van der Waals surface area contributed by atoms with E-state index >= 15 is 0 Å². The van der Waals surface area contributed by atoms with E-state index in [9.17, 15) is 9.59 Å². The average Bonchev–Trinajstić information content (AvgIpc) is 2.53. The summed E-state index contributed by atoms with van der Waals surface area (Å²) < 4.78 is 2.61. The summed E-state index contributed by atoms with van der Waals surface area (Å²) in [5.74, 6) is 0.621. The van der Waals surface area contributed by atoms with Crippen LogP contribution < -0.4 is 11.2 Å². The number of unbranched alkanes of at least 4 members (excludes halogenated alkanes) is 3. The van der Waals surface area contributed by atoms with Gasteiger partial charge in [-0.2, -0.15) is 0 Å². The molecular weight excluding hydrogens is 312 g/mol. The molecule has 23 heavy (non-hydrogen) atoms. The fourth-order valence-electron chi connectivity index (χ4n) is 2.63. The Hall–Kier alpha value is -1.76. The van der Waals surface area contributed by atoms with Crippen molar-refractivity contribution < 1.29 is 0 Å². The van der Waals surface area contributed by atoms with Gasteiger partial charge in [-0.25, -0.2) is 9.78 Å². The van der Waals surface area contributed by atoms with Crippen LogP contribution in [0.15, 0.2) is 14.6 Å². The Labute approximate surface area is 141 Å². The summed E-state index contributed by atoms with van der Waals surface area (Å²) in [4.78, 5) is 33.5. The van der Waals surface area contributed by atoms with Crippen LogP contribution in [0.3, 0.4) is 0 Å². The Morgan fingerprint density at radius 3 is 2.43 bits per heavy atom. The summed E-state index contributed by atoms with van der Waals surface area (Å²) in [7, 11) is 1.46. The zero-order chi connectivity index (χ0) is 17.0. The molecule has 0 saturated carbocycles. The quantitative estimate of drug-likeness (QED) is 0.439. The number of aryl methyl sites for hydroxylation is 2. The topological polar surface area (TPSA) is 69.8 Å². The highest BCUT2D eigenvalue weighted by Crippen LogP contribution is 2.13. The van der Waals surface area contributed by atoms with Crippen LogP contribution in [0.5, 0.6) is 0 Å². The van der Waals surface area contributed by atoms with Gasteiger partial charge in [-0.05, 0) is 12.8 Å². The summed E-state index contributed by atoms with van der Waals surface area (Å²) in [6.45, 7) is 4.64. The van der Waals surface area contributed by atoms with Crippen molar-refractivity contribution in [3.05, 3.63) is 26.7 Å². The van der Waals surface area contributed by atoms with E-state index in [1.54, 1.807) is 0 Å². The summed E-state index contributed by atoms with van der Waals surface area (Å²) in [5, 5.41) is 0.513. The smallest absolute Gasteiger partial charge is 0.332 e. The summed E-state index contributed by atoms with van der Waals surface area (Å²) in [5.41, 5.74) is -0.389. The fourth-order valence-corrected chi connectivity index (χ4v) is 2.91. The highest BCUT2D eigenvalue weighted by Gasteiger charge is 2.13. The highest BCUT2D eigenvalue weighted by molar-refractivity contribution is 7.59. The van der Waals surface area contributed by atoms with E-state index in [-0.39, 0.29) is 16.1 Å². The summed E-state index contributed by atoms with van der Waals surface area (Å²) in [6, 6.07) is 0. The number of fused-ring (bicyclic) bond motifs is 1. The van der Waals surface area contributed by atoms with E-state index in [0.717, 1.165) is 36.7 Å². The van der Waals surface area contributed by atoms with Gasteiger partial charge in [-0.1, -0.05) is 38.1 Å². The normalized spacial score (nSPS) is 11.3. The minimum atomic E-state index is -0.417. The molecule has 0 atom stereocenters. The largest absolute Gasteiger partial charge is 0.759 e. The third-order valence-electron chi connectivity index (χ3n) is 3.90. The SMILES string of the molecule is CCCCCCc1nc([S-])c2c(=O)n(C)c(=O)n(CCC)c2n1. The van der Waals surface area contributed by atoms with Gasteiger partial charge in [0.25, 0.3) is 5.56 Å². The standard InChI is InChI=1S/C16H24N4O2S/c1-4-6-7-8-9-11-17-13-12(14(23)18-11)15(21)19(3)16(22)20(13)10-5-2/h4-10H2,1-3H3,(H,17,18,23)/p-1. The van der Waals surface area contributed by atoms with Gasteiger partial charge in [0.2, 0.25) is 0 Å². The second-order valence-corrected chi connectivity index (χ2v) is 6.14. The molecule has 0 N–H and O–H groups in total. The van der Waals surface area contributed by atoms with Crippen LogP contribution >= 0.6 is 0 Å². The second-order valence-electron chi connectivity index (χ2n) is 5.75. The molecule has 0 saturated heterocycles. The lowest BCUT2D eigenvalue weighted by Crippen LogP contribution is -2.39. The predicted octanol–water partition coefficient (Wildman–Crippen LogP) is 1.93. The molecule has 0 amide bonds. The Balaban J connectivity index is 2.56. The van der Waals surface area contributed by atoms with Crippen molar-refractivity contribution in [1.29, 1.82) is 0 Å². The van der Waals surface area contributed by atoms with Crippen LogP contribution in [-0.4, -0.2) is 19.1 Å². The van der Waals surface area contributed by atoms with Gasteiger partial charge in [-0.15, -0.1) is 0 Å². The van der Waals surface area contributed by atoms with Crippen molar-refractivity contribution in [2.75, 3.05) is 0 Å². The first-order chi connectivity index (χ1) is 11.0. The fraction of sp³-hybridized carbons (Fsp3) is 0.625. The molecular formula is C16H23N4O2S-.